The molecule has 0 amide bonds. The quantitative estimate of drug-likeness (QED) is 0.138. The Bertz CT molecular complexity index is 1350. The summed E-state index contributed by atoms with van der Waals surface area (Å²) in [5, 5.41) is -2.34. The van der Waals surface area contributed by atoms with Crippen molar-refractivity contribution in [3.63, 3.8) is 0 Å². The van der Waals surface area contributed by atoms with Crippen LogP contribution in [0.1, 0.15) is 18.2 Å². The van der Waals surface area contributed by atoms with Gasteiger partial charge in [-0.05, 0) is 18.0 Å². The van der Waals surface area contributed by atoms with Crippen LogP contribution in [0.4, 0.5) is 8.78 Å². The Morgan fingerprint density at radius 2 is 1.91 bits per heavy atom. The van der Waals surface area contributed by atoms with Gasteiger partial charge in [0, 0.05) is 32.9 Å². The maximum Gasteiger partial charge on any atom is 0.479 e. The lowest BCUT2D eigenvalue weighted by atomic mass is 10.1. The van der Waals surface area contributed by atoms with E-state index in [1.165, 1.54) is 6.92 Å². The van der Waals surface area contributed by atoms with Gasteiger partial charge in [0.2, 0.25) is 0 Å². The van der Waals surface area contributed by atoms with E-state index in [0.29, 0.717) is 0 Å². The molecular weight excluding hydrogens is 551 g/mol. The van der Waals surface area contributed by atoms with Crippen molar-refractivity contribution in [2.75, 3.05) is 6.61 Å². The average Bonchev–Trinajstić information content (AvgIpc) is 3.11. The normalized spacial score (nSPS) is 25.4. The number of aromatic amines is 1. The second-order valence-corrected chi connectivity index (χ2v) is 12.3. The minimum Gasteiger partial charge on any atom is -0.352 e. The molecule has 1 aliphatic heterocycles. The van der Waals surface area contributed by atoms with Crippen LogP contribution in [0.5, 0.6) is 0 Å². The molecule has 1 aliphatic rings. The van der Waals surface area contributed by atoms with Crippen molar-refractivity contribution in [3.8, 4) is 0 Å². The molecule has 0 radical (unpaired) electrons. The van der Waals surface area contributed by atoms with Crippen molar-refractivity contribution in [1.29, 1.82) is 0 Å². The Kier molecular flexibility index (Phi) is 8.49. The van der Waals surface area contributed by atoms with E-state index in [0.717, 1.165) is 10.8 Å². The van der Waals surface area contributed by atoms with Crippen molar-refractivity contribution in [3.05, 3.63) is 53.5 Å². The van der Waals surface area contributed by atoms with Gasteiger partial charge in [-0.3, -0.25) is 28.0 Å². The summed E-state index contributed by atoms with van der Waals surface area (Å²) in [6.45, 7) is 0.272. The Hall–Kier alpha value is -2.39. The summed E-state index contributed by atoms with van der Waals surface area (Å²) in [5.41, 5.74) is 15.3. The number of phosphoric ester groups is 1. The van der Waals surface area contributed by atoms with Gasteiger partial charge < -0.3 is 19.4 Å². The van der Waals surface area contributed by atoms with Crippen LogP contribution in [0.3, 0.4) is 0 Å². The first kappa shape index (κ1) is 28.8. The summed E-state index contributed by atoms with van der Waals surface area (Å²) in [4.78, 5) is 59.4. The molecule has 0 spiro atoms. The number of rotatable bonds is 10. The van der Waals surface area contributed by atoms with Crippen molar-refractivity contribution in [1.82, 2.24) is 9.55 Å². The molecule has 1 fully saturated rings. The molecular formula is C11H15F2N8O11P3. The first-order chi connectivity index (χ1) is 16.0. The molecule has 2 rings (SSSR count). The maximum absolute atomic E-state index is 13.9. The molecule has 0 saturated carbocycles. The van der Waals surface area contributed by atoms with Crippen molar-refractivity contribution in [2.45, 2.75) is 37.1 Å². The number of azide groups is 2. The lowest BCUT2D eigenvalue weighted by Crippen LogP contribution is -2.33. The molecule has 0 bridgehead atoms. The third kappa shape index (κ3) is 6.25. The Balaban J connectivity index is 2.21. The maximum atomic E-state index is 13.9. The second-order valence-electron chi connectivity index (χ2n) is 6.71. The average molecular weight is 566 g/mol. The number of ether oxygens (including phenoxy) is 1. The van der Waals surface area contributed by atoms with E-state index in [2.05, 4.69) is 18.9 Å². The molecule has 0 aliphatic carbocycles. The summed E-state index contributed by atoms with van der Waals surface area (Å²) >= 11 is 0. The van der Waals surface area contributed by atoms with Crippen molar-refractivity contribution in [2.24, 2.45) is 10.00 Å². The van der Waals surface area contributed by atoms with E-state index in [1.54, 1.807) is 4.91 Å². The predicted octanol–water partition coefficient (Wildman–Crippen LogP) is 2.18. The minimum absolute atomic E-state index is 0.100. The number of nitrogens with zero attached hydrogens (tertiary/aromatic N) is 7. The summed E-state index contributed by atoms with van der Waals surface area (Å²) < 4.78 is 77.1. The molecule has 1 aromatic rings. The SMILES string of the molecule is Cc1cn([C@@H]2CC(N=[N+]=[N-])[C@H](COP(=O)(O)OP(=O)(O)C(F)(F)P(=O)(O)N=[N+]=[N-])O2)c(=O)[nH]c1=O. The first-order valence-electron chi connectivity index (χ1n) is 8.78. The van der Waals surface area contributed by atoms with Crippen LogP contribution in [0.15, 0.2) is 25.8 Å². The second kappa shape index (κ2) is 10.3. The number of phosphoric acid groups is 1. The van der Waals surface area contributed by atoms with Crippen LogP contribution in [-0.4, -0.2) is 48.4 Å². The third-order valence-electron chi connectivity index (χ3n) is 4.33. The highest BCUT2D eigenvalue weighted by Crippen LogP contribution is 2.79. The Labute approximate surface area is 191 Å². The molecule has 1 aromatic heterocycles. The van der Waals surface area contributed by atoms with Crippen LogP contribution in [-0.2, 0) is 27.3 Å². The van der Waals surface area contributed by atoms with Gasteiger partial charge in [-0.25, -0.2) is 13.7 Å². The zero-order chi connectivity index (χ0) is 26.8. The molecule has 4 unspecified atom stereocenters. The summed E-state index contributed by atoms with van der Waals surface area (Å²) in [5.74, 6) is 0. The van der Waals surface area contributed by atoms with Gasteiger partial charge >= 0.3 is 34.0 Å². The van der Waals surface area contributed by atoms with E-state index >= 15 is 0 Å². The van der Waals surface area contributed by atoms with Crippen LogP contribution in [0.25, 0.3) is 20.9 Å². The van der Waals surface area contributed by atoms with E-state index in [9.17, 15) is 41.9 Å². The van der Waals surface area contributed by atoms with Crippen LogP contribution < -0.4 is 11.2 Å². The summed E-state index contributed by atoms with van der Waals surface area (Å²) in [6.07, 6.45) is -1.75. The molecule has 0 aromatic carbocycles. The largest absolute Gasteiger partial charge is 0.479 e. The summed E-state index contributed by atoms with van der Waals surface area (Å²) in [7, 11) is -19.1. The monoisotopic (exact) mass is 566 g/mol. The van der Waals surface area contributed by atoms with E-state index in [4.69, 9.17) is 20.7 Å². The highest BCUT2D eigenvalue weighted by atomic mass is 31.3. The number of halogens is 2. The van der Waals surface area contributed by atoms with Gasteiger partial charge in [0.15, 0.2) is 0 Å². The molecule has 24 heteroatoms. The number of H-pyrrole nitrogens is 1. The molecule has 4 N–H and O–H groups in total. The van der Waals surface area contributed by atoms with Crippen molar-refractivity contribution >= 4 is 22.9 Å². The van der Waals surface area contributed by atoms with E-state index < -0.39 is 64.6 Å². The molecule has 1 saturated heterocycles. The van der Waals surface area contributed by atoms with E-state index in [-0.39, 0.29) is 12.0 Å². The zero-order valence-corrected chi connectivity index (χ0v) is 19.7. The molecule has 2 heterocycles. The van der Waals surface area contributed by atoms with E-state index in [1.807, 2.05) is 9.87 Å². The smallest absolute Gasteiger partial charge is 0.352 e. The fraction of sp³-hybridized carbons (Fsp3) is 0.636. The number of nitrogens with one attached hydrogen (secondary N) is 1. The number of hydrogen-bond donors (Lipinski definition) is 4. The molecule has 6 atom stereocenters. The molecule has 194 valence electrons. The number of alkyl halides is 2. The van der Waals surface area contributed by atoms with Gasteiger partial charge in [-0.1, -0.05) is 5.11 Å². The third-order valence-corrected chi connectivity index (χ3v) is 9.76. The minimum atomic E-state index is -6.79. The molecule has 35 heavy (non-hydrogen) atoms. The zero-order valence-electron chi connectivity index (χ0n) is 17.1. The first-order valence-corrected chi connectivity index (χ1v) is 13.5. The van der Waals surface area contributed by atoms with Gasteiger partial charge in [-0.15, -0.1) is 0 Å². The van der Waals surface area contributed by atoms with Gasteiger partial charge in [0.05, 0.1) is 18.8 Å². The predicted molar refractivity (Wildman–Crippen MR) is 108 cm³/mol. The standard InChI is InChI=1S/C11H15F2N8O11P3/c1-5-3-21(10(23)16-9(5)22)8-2-6(17-18-14)7(31-8)4-30-35(28,29)32-34(26,27)11(12,13)33(24,25)20-19-15/h3,6-8H,2,4H2,1H3,(H,24,25)(H,26,27)(H,28,29)(H,16,22,23)/t6?,7-,8-/m0/s1. The topological polar surface area (TPSA) is 292 Å². The highest BCUT2D eigenvalue weighted by molar-refractivity contribution is 7.77. The fourth-order valence-electron chi connectivity index (χ4n) is 2.68. The number of aromatic nitrogens is 2. The van der Waals surface area contributed by atoms with Crippen LogP contribution >= 0.6 is 22.9 Å². The molecule has 19 nitrogen and oxygen atoms in total. The summed E-state index contributed by atoms with van der Waals surface area (Å²) in [6, 6.07) is -1.19. The van der Waals surface area contributed by atoms with Crippen molar-refractivity contribution < 1.29 is 50.7 Å². The van der Waals surface area contributed by atoms with Gasteiger partial charge in [-0.2, -0.15) is 8.78 Å². The number of aryl methyl sites for hydroxylation is 1. The van der Waals surface area contributed by atoms with Gasteiger partial charge in [0.25, 0.3) is 5.56 Å². The number of hydrogen-bond acceptors (Lipinski definition) is 9. The Morgan fingerprint density at radius 1 is 1.29 bits per heavy atom. The van der Waals surface area contributed by atoms with Gasteiger partial charge in [0.1, 0.15) is 6.23 Å². The lowest BCUT2D eigenvalue weighted by Gasteiger charge is -2.25. The Morgan fingerprint density at radius 3 is 2.49 bits per heavy atom. The fourth-order valence-corrected chi connectivity index (χ4v) is 6.69. The van der Waals surface area contributed by atoms with Crippen LogP contribution in [0.2, 0.25) is 0 Å². The van der Waals surface area contributed by atoms with Crippen LogP contribution in [0, 0.1) is 6.92 Å². The highest BCUT2D eigenvalue weighted by Gasteiger charge is 2.66. The lowest BCUT2D eigenvalue weighted by molar-refractivity contribution is -0.0268.